The summed E-state index contributed by atoms with van der Waals surface area (Å²) < 4.78 is 29.3. The van der Waals surface area contributed by atoms with Crippen molar-refractivity contribution in [3.8, 4) is 0 Å². The molecule has 9 heteroatoms. The van der Waals surface area contributed by atoms with Crippen LogP contribution in [-0.2, 0) is 32.6 Å². The average Bonchev–Trinajstić information content (AvgIpc) is 3.04. The summed E-state index contributed by atoms with van der Waals surface area (Å²) in [6, 6.07) is 31.0. The molecule has 44 heavy (non-hydrogen) atoms. The first kappa shape index (κ1) is 32.8. The van der Waals surface area contributed by atoms with Crippen LogP contribution < -0.4 is 9.62 Å². The molecule has 0 aliphatic rings. The van der Waals surface area contributed by atoms with Gasteiger partial charge in [0, 0.05) is 24.5 Å². The Kier molecular flexibility index (Phi) is 11.6. The third-order valence-corrected chi connectivity index (χ3v) is 9.60. The quantitative estimate of drug-likeness (QED) is 0.163. The number of rotatable bonds is 14. The van der Waals surface area contributed by atoms with Crippen molar-refractivity contribution in [3.05, 3.63) is 131 Å². The van der Waals surface area contributed by atoms with Gasteiger partial charge < -0.3 is 10.2 Å². The molecule has 0 spiro atoms. The number of benzene rings is 4. The van der Waals surface area contributed by atoms with Gasteiger partial charge in [-0.15, -0.1) is 0 Å². The maximum Gasteiger partial charge on any atom is 0.264 e. The topological polar surface area (TPSA) is 86.8 Å². The van der Waals surface area contributed by atoms with Gasteiger partial charge in [0.1, 0.15) is 12.6 Å². The van der Waals surface area contributed by atoms with E-state index in [4.69, 9.17) is 11.6 Å². The summed E-state index contributed by atoms with van der Waals surface area (Å²) in [7, 11) is -4.19. The molecule has 1 N–H and O–H groups in total. The highest BCUT2D eigenvalue weighted by Gasteiger charge is 2.35. The lowest BCUT2D eigenvalue weighted by atomic mass is 10.0. The number of unbranched alkanes of at least 4 members (excludes halogenated alkanes) is 1. The number of hydrogen-bond acceptors (Lipinski definition) is 4. The zero-order valence-electron chi connectivity index (χ0n) is 25.0. The fraction of sp³-hybridized carbons (Fsp3) is 0.257. The zero-order valence-corrected chi connectivity index (χ0v) is 26.6. The lowest BCUT2D eigenvalue weighted by molar-refractivity contribution is -0.140. The van der Waals surface area contributed by atoms with Crippen LogP contribution in [0.25, 0.3) is 0 Å². The van der Waals surface area contributed by atoms with Crippen molar-refractivity contribution < 1.29 is 18.0 Å². The van der Waals surface area contributed by atoms with Gasteiger partial charge in [-0.05, 0) is 54.3 Å². The summed E-state index contributed by atoms with van der Waals surface area (Å²) >= 11 is 6.43. The van der Waals surface area contributed by atoms with Crippen molar-refractivity contribution in [2.45, 2.75) is 50.6 Å². The SMILES string of the molecule is CCCCNC(=O)[C@@H](Cc1ccccc1)N(Cc1ccccc1)C(=O)CN(c1cccc(Cl)c1C)S(=O)(=O)c1ccccc1. The van der Waals surface area contributed by atoms with Gasteiger partial charge in [-0.2, -0.15) is 0 Å². The number of nitrogens with zero attached hydrogens (tertiary/aromatic N) is 2. The average molecular weight is 632 g/mol. The number of halogens is 1. The summed E-state index contributed by atoms with van der Waals surface area (Å²) in [6.45, 7) is 3.82. The summed E-state index contributed by atoms with van der Waals surface area (Å²) in [6.07, 6.45) is 1.97. The van der Waals surface area contributed by atoms with Gasteiger partial charge >= 0.3 is 0 Å². The summed E-state index contributed by atoms with van der Waals surface area (Å²) in [5.41, 5.74) is 2.51. The molecule has 4 rings (SSSR count). The Morgan fingerprint density at radius 3 is 2.02 bits per heavy atom. The smallest absolute Gasteiger partial charge is 0.264 e. The normalized spacial score (nSPS) is 11.9. The molecule has 0 bridgehead atoms. The molecule has 0 unspecified atom stereocenters. The van der Waals surface area contributed by atoms with Gasteiger partial charge in [-0.1, -0.05) is 110 Å². The van der Waals surface area contributed by atoms with Crippen LogP contribution in [0.5, 0.6) is 0 Å². The van der Waals surface area contributed by atoms with E-state index in [1.807, 2.05) is 67.6 Å². The Bertz CT molecular complexity index is 1630. The molecule has 1 atom stereocenters. The van der Waals surface area contributed by atoms with Gasteiger partial charge in [0.25, 0.3) is 10.0 Å². The van der Waals surface area contributed by atoms with E-state index in [2.05, 4.69) is 5.32 Å². The second-order valence-electron chi connectivity index (χ2n) is 10.6. The number of anilines is 1. The molecule has 230 valence electrons. The van der Waals surface area contributed by atoms with Gasteiger partial charge in [0.05, 0.1) is 10.6 Å². The molecule has 0 aliphatic carbocycles. The number of nitrogens with one attached hydrogen (secondary N) is 1. The Morgan fingerprint density at radius 2 is 1.41 bits per heavy atom. The third-order valence-electron chi connectivity index (χ3n) is 7.41. The molecule has 0 aliphatic heterocycles. The highest BCUT2D eigenvalue weighted by atomic mass is 35.5. The van der Waals surface area contributed by atoms with Crippen molar-refractivity contribution in [2.24, 2.45) is 0 Å². The van der Waals surface area contributed by atoms with Crippen molar-refractivity contribution in [1.82, 2.24) is 10.2 Å². The number of amides is 2. The Balaban J connectivity index is 1.80. The van der Waals surface area contributed by atoms with Crippen LogP contribution in [0.3, 0.4) is 0 Å². The van der Waals surface area contributed by atoms with Crippen LogP contribution in [0.4, 0.5) is 5.69 Å². The van der Waals surface area contributed by atoms with Gasteiger partial charge in [-0.25, -0.2) is 8.42 Å². The Hall–Kier alpha value is -4.14. The van der Waals surface area contributed by atoms with Crippen LogP contribution in [0.2, 0.25) is 5.02 Å². The van der Waals surface area contributed by atoms with Crippen molar-refractivity contribution in [3.63, 3.8) is 0 Å². The first-order valence-corrected chi connectivity index (χ1v) is 16.5. The molecular formula is C35H38ClN3O4S. The second kappa shape index (κ2) is 15.5. The maximum absolute atomic E-state index is 14.5. The molecule has 0 radical (unpaired) electrons. The molecule has 0 heterocycles. The Morgan fingerprint density at radius 1 is 0.818 bits per heavy atom. The molecule has 0 fully saturated rings. The van der Waals surface area contributed by atoms with E-state index in [9.17, 15) is 18.0 Å². The highest BCUT2D eigenvalue weighted by molar-refractivity contribution is 7.92. The lowest BCUT2D eigenvalue weighted by Crippen LogP contribution is -2.53. The van der Waals surface area contributed by atoms with E-state index in [1.165, 1.54) is 17.0 Å². The van der Waals surface area contributed by atoms with Crippen LogP contribution >= 0.6 is 11.6 Å². The summed E-state index contributed by atoms with van der Waals surface area (Å²) in [5, 5.41) is 3.38. The van der Waals surface area contributed by atoms with E-state index >= 15 is 0 Å². The predicted octanol–water partition coefficient (Wildman–Crippen LogP) is 6.40. The maximum atomic E-state index is 14.5. The second-order valence-corrected chi connectivity index (χ2v) is 12.8. The largest absolute Gasteiger partial charge is 0.354 e. The fourth-order valence-electron chi connectivity index (χ4n) is 4.94. The highest BCUT2D eigenvalue weighted by Crippen LogP contribution is 2.31. The third kappa shape index (κ3) is 8.27. The zero-order chi connectivity index (χ0) is 31.5. The standard InChI is InChI=1S/C35H38ClN3O4S/c1-3-4-23-37-35(41)33(24-28-15-8-5-9-16-28)38(25-29-17-10-6-11-18-29)34(40)26-39(32-22-14-21-31(36)27(32)2)44(42,43)30-19-12-7-13-20-30/h5-22,33H,3-4,23-26H2,1-2H3,(H,37,41)/t33-/m1/s1. The monoisotopic (exact) mass is 631 g/mol. The van der Waals surface area contributed by atoms with E-state index in [-0.39, 0.29) is 23.8 Å². The number of carbonyl (C=O) groups is 2. The van der Waals surface area contributed by atoms with Gasteiger partial charge in [0.2, 0.25) is 11.8 Å². The Labute approximate surface area is 265 Å². The number of sulfonamides is 1. The molecule has 4 aromatic carbocycles. The molecule has 0 aromatic heterocycles. The van der Waals surface area contributed by atoms with Gasteiger partial charge in [-0.3, -0.25) is 13.9 Å². The fourth-order valence-corrected chi connectivity index (χ4v) is 6.60. The van der Waals surface area contributed by atoms with E-state index in [1.54, 1.807) is 43.3 Å². The van der Waals surface area contributed by atoms with E-state index in [0.29, 0.717) is 22.8 Å². The number of hydrogen-bond donors (Lipinski definition) is 1. The first-order chi connectivity index (χ1) is 21.2. The van der Waals surface area contributed by atoms with Crippen LogP contribution in [-0.4, -0.2) is 44.3 Å². The predicted molar refractivity (Wildman–Crippen MR) is 176 cm³/mol. The molecule has 7 nitrogen and oxygen atoms in total. The molecule has 0 saturated heterocycles. The van der Waals surface area contributed by atoms with Crippen LogP contribution in [0, 0.1) is 6.92 Å². The minimum Gasteiger partial charge on any atom is -0.354 e. The van der Waals surface area contributed by atoms with Gasteiger partial charge in [0.15, 0.2) is 0 Å². The molecule has 2 amide bonds. The summed E-state index contributed by atoms with van der Waals surface area (Å²) in [5.74, 6) is -0.803. The first-order valence-electron chi connectivity index (χ1n) is 14.7. The number of carbonyl (C=O) groups excluding carboxylic acids is 2. The minimum absolute atomic E-state index is 0.0416. The lowest BCUT2D eigenvalue weighted by Gasteiger charge is -2.34. The molecule has 0 saturated carbocycles. The van der Waals surface area contributed by atoms with E-state index in [0.717, 1.165) is 28.3 Å². The van der Waals surface area contributed by atoms with Crippen molar-refractivity contribution >= 4 is 39.1 Å². The minimum atomic E-state index is -4.19. The molecular weight excluding hydrogens is 594 g/mol. The van der Waals surface area contributed by atoms with Crippen molar-refractivity contribution in [2.75, 3.05) is 17.4 Å². The van der Waals surface area contributed by atoms with E-state index < -0.39 is 28.5 Å². The molecule has 4 aromatic rings. The van der Waals surface area contributed by atoms with Crippen LogP contribution in [0.15, 0.2) is 114 Å². The van der Waals surface area contributed by atoms with Crippen molar-refractivity contribution in [1.29, 1.82) is 0 Å². The van der Waals surface area contributed by atoms with Crippen LogP contribution in [0.1, 0.15) is 36.5 Å². The summed E-state index contributed by atoms with van der Waals surface area (Å²) in [4.78, 5) is 29.8.